The van der Waals surface area contributed by atoms with E-state index < -0.39 is 0 Å². The highest BCUT2D eigenvalue weighted by Crippen LogP contribution is 2.27. The van der Waals surface area contributed by atoms with Gasteiger partial charge in [-0.15, -0.1) is 0 Å². The Morgan fingerprint density at radius 1 is 1.31 bits per heavy atom. The molecule has 2 N–H and O–H groups in total. The number of nitrogen functional groups attached to an aromatic ring is 1. The first-order valence-corrected chi connectivity index (χ1v) is 5.60. The van der Waals surface area contributed by atoms with E-state index in [0.29, 0.717) is 0 Å². The second-order valence-corrected chi connectivity index (χ2v) is 4.43. The second kappa shape index (κ2) is 4.14. The van der Waals surface area contributed by atoms with Crippen molar-refractivity contribution >= 4 is 21.6 Å². The van der Waals surface area contributed by atoms with Crippen LogP contribution in [-0.2, 0) is 7.05 Å². The first kappa shape index (κ1) is 11.0. The van der Waals surface area contributed by atoms with Gasteiger partial charge in [-0.3, -0.25) is 4.79 Å². The molecule has 0 saturated heterocycles. The summed E-state index contributed by atoms with van der Waals surface area (Å²) in [6.45, 7) is 0. The summed E-state index contributed by atoms with van der Waals surface area (Å²) in [5.74, 6) is 0. The molecule has 0 spiro atoms. The van der Waals surface area contributed by atoms with Crippen LogP contribution in [0.4, 0.5) is 5.69 Å². The van der Waals surface area contributed by atoms with Crippen LogP contribution >= 0.6 is 15.9 Å². The smallest absolute Gasteiger partial charge is 0.273 e. The Kier molecular flexibility index (Phi) is 2.83. The Hall–Kier alpha value is -1.55. The zero-order valence-electron chi connectivity index (χ0n) is 8.77. The number of hydrogen-bond donors (Lipinski definition) is 1. The fourth-order valence-electron chi connectivity index (χ4n) is 1.58. The van der Waals surface area contributed by atoms with Gasteiger partial charge in [0.15, 0.2) is 0 Å². The predicted molar refractivity (Wildman–Crippen MR) is 69.2 cm³/mol. The molecule has 0 radical (unpaired) electrons. The zero-order valence-corrected chi connectivity index (χ0v) is 10.4. The first-order valence-electron chi connectivity index (χ1n) is 4.80. The average Bonchev–Trinajstić information content (AvgIpc) is 2.26. The second-order valence-electron chi connectivity index (χ2n) is 3.58. The summed E-state index contributed by atoms with van der Waals surface area (Å²) in [6.07, 6.45) is 1.78. The monoisotopic (exact) mass is 278 g/mol. The molecule has 0 aliphatic carbocycles. The van der Waals surface area contributed by atoms with Crippen LogP contribution in [0.1, 0.15) is 0 Å². The molecular weight excluding hydrogens is 268 g/mol. The van der Waals surface area contributed by atoms with Crippen molar-refractivity contribution in [2.24, 2.45) is 7.05 Å². The van der Waals surface area contributed by atoms with Crippen LogP contribution in [0.2, 0.25) is 0 Å². The lowest BCUT2D eigenvalue weighted by atomic mass is 10.1. The van der Waals surface area contributed by atoms with E-state index in [1.54, 1.807) is 19.3 Å². The molecule has 1 aromatic heterocycles. The zero-order chi connectivity index (χ0) is 11.7. The Bertz CT molecular complexity index is 564. The number of benzene rings is 1. The van der Waals surface area contributed by atoms with Crippen LogP contribution in [0.5, 0.6) is 0 Å². The molecule has 16 heavy (non-hydrogen) atoms. The molecule has 3 nitrogen and oxygen atoms in total. The number of rotatable bonds is 1. The summed E-state index contributed by atoms with van der Waals surface area (Å²) < 4.78 is 2.47. The highest BCUT2D eigenvalue weighted by atomic mass is 79.9. The maximum Gasteiger partial charge on any atom is 0.273 e. The molecule has 0 saturated carbocycles. The number of hydrogen-bond acceptors (Lipinski definition) is 2. The van der Waals surface area contributed by atoms with Gasteiger partial charge in [-0.1, -0.05) is 34.1 Å². The Balaban J connectivity index is 2.67. The van der Waals surface area contributed by atoms with Crippen molar-refractivity contribution in [2.75, 3.05) is 5.73 Å². The molecule has 0 fully saturated rings. The van der Waals surface area contributed by atoms with Crippen molar-refractivity contribution in [3.63, 3.8) is 0 Å². The molecular formula is C12H11BrN2O. The van der Waals surface area contributed by atoms with Gasteiger partial charge in [0.05, 0.1) is 5.69 Å². The molecule has 0 unspecified atom stereocenters. The third kappa shape index (κ3) is 1.88. The van der Waals surface area contributed by atoms with Crippen molar-refractivity contribution in [1.29, 1.82) is 0 Å². The molecule has 82 valence electrons. The minimum atomic E-state index is -0.171. The van der Waals surface area contributed by atoms with Gasteiger partial charge in [0.25, 0.3) is 5.56 Å². The Morgan fingerprint density at radius 2 is 2.00 bits per heavy atom. The van der Waals surface area contributed by atoms with E-state index in [-0.39, 0.29) is 11.2 Å². The largest absolute Gasteiger partial charge is 0.394 e. The van der Waals surface area contributed by atoms with Gasteiger partial charge in [0.1, 0.15) is 0 Å². The molecule has 1 aromatic carbocycles. The van der Waals surface area contributed by atoms with E-state index in [1.807, 2.05) is 24.3 Å². The van der Waals surface area contributed by atoms with E-state index in [4.69, 9.17) is 5.73 Å². The predicted octanol–water partition coefficient (Wildman–Crippen LogP) is 2.40. The Labute approximate surface area is 102 Å². The molecule has 4 heteroatoms. The summed E-state index contributed by atoms with van der Waals surface area (Å²) in [5.41, 5.74) is 7.69. The number of aryl methyl sites for hydroxylation is 1. The number of nitrogens with zero attached hydrogens (tertiary/aromatic N) is 1. The minimum Gasteiger partial charge on any atom is -0.394 e. The number of aromatic nitrogens is 1. The van der Waals surface area contributed by atoms with E-state index in [9.17, 15) is 4.79 Å². The summed E-state index contributed by atoms with van der Waals surface area (Å²) in [7, 11) is 1.69. The third-order valence-corrected chi connectivity index (χ3v) is 3.09. The van der Waals surface area contributed by atoms with Crippen LogP contribution < -0.4 is 11.3 Å². The van der Waals surface area contributed by atoms with Gasteiger partial charge < -0.3 is 10.3 Å². The van der Waals surface area contributed by atoms with Crippen LogP contribution in [-0.4, -0.2) is 4.57 Å². The lowest BCUT2D eigenvalue weighted by molar-refractivity contribution is 0.866. The van der Waals surface area contributed by atoms with E-state index >= 15 is 0 Å². The third-order valence-electron chi connectivity index (χ3n) is 2.40. The average molecular weight is 279 g/mol. The maximum atomic E-state index is 11.5. The number of halogens is 1. The number of nitrogens with two attached hydrogens (primary N) is 1. The minimum absolute atomic E-state index is 0.171. The van der Waals surface area contributed by atoms with E-state index in [0.717, 1.165) is 15.6 Å². The van der Waals surface area contributed by atoms with E-state index in [1.165, 1.54) is 4.57 Å². The standard InChI is InChI=1S/C12H11BrN2O/c1-15-7-8(6-11(14)12(15)16)9-4-2-3-5-10(9)13/h2-7H,14H2,1H3. The lowest BCUT2D eigenvalue weighted by Crippen LogP contribution is -2.19. The van der Waals surface area contributed by atoms with Gasteiger partial charge in [-0.25, -0.2) is 0 Å². The molecule has 2 rings (SSSR count). The van der Waals surface area contributed by atoms with Gasteiger partial charge in [-0.05, 0) is 17.7 Å². The fourth-order valence-corrected chi connectivity index (χ4v) is 2.09. The van der Waals surface area contributed by atoms with Gasteiger partial charge >= 0.3 is 0 Å². The topological polar surface area (TPSA) is 48.0 Å². The molecule has 0 bridgehead atoms. The number of pyridine rings is 1. The van der Waals surface area contributed by atoms with Crippen molar-refractivity contribution in [1.82, 2.24) is 4.57 Å². The normalized spacial score (nSPS) is 10.4. The van der Waals surface area contributed by atoms with Crippen LogP contribution in [0, 0.1) is 0 Å². The highest BCUT2D eigenvalue weighted by molar-refractivity contribution is 9.10. The van der Waals surface area contributed by atoms with Crippen molar-refractivity contribution in [2.45, 2.75) is 0 Å². The van der Waals surface area contributed by atoms with Crippen molar-refractivity contribution in [3.8, 4) is 11.1 Å². The number of anilines is 1. The quantitative estimate of drug-likeness (QED) is 0.871. The molecule has 1 heterocycles. The maximum absolute atomic E-state index is 11.5. The van der Waals surface area contributed by atoms with Gasteiger partial charge in [0, 0.05) is 23.3 Å². The van der Waals surface area contributed by atoms with Crippen LogP contribution in [0.3, 0.4) is 0 Å². The van der Waals surface area contributed by atoms with Crippen molar-refractivity contribution < 1.29 is 0 Å². The van der Waals surface area contributed by atoms with Crippen molar-refractivity contribution in [3.05, 3.63) is 51.4 Å². The summed E-state index contributed by atoms with van der Waals surface area (Å²) in [4.78, 5) is 11.5. The van der Waals surface area contributed by atoms with Gasteiger partial charge in [0.2, 0.25) is 0 Å². The fraction of sp³-hybridized carbons (Fsp3) is 0.0833. The van der Waals surface area contributed by atoms with Crippen LogP contribution in [0.15, 0.2) is 45.8 Å². The highest BCUT2D eigenvalue weighted by Gasteiger charge is 2.05. The summed E-state index contributed by atoms with van der Waals surface area (Å²) in [6, 6.07) is 9.52. The lowest BCUT2D eigenvalue weighted by Gasteiger charge is -2.07. The van der Waals surface area contributed by atoms with Gasteiger partial charge in [-0.2, -0.15) is 0 Å². The molecule has 2 aromatic rings. The molecule has 0 amide bonds. The Morgan fingerprint density at radius 3 is 2.62 bits per heavy atom. The van der Waals surface area contributed by atoms with Crippen LogP contribution in [0.25, 0.3) is 11.1 Å². The summed E-state index contributed by atoms with van der Waals surface area (Å²) >= 11 is 3.47. The molecule has 0 atom stereocenters. The van der Waals surface area contributed by atoms with E-state index in [2.05, 4.69) is 15.9 Å². The molecule has 0 aliphatic rings. The summed E-state index contributed by atoms with van der Waals surface area (Å²) in [5, 5.41) is 0. The SMILES string of the molecule is Cn1cc(-c2ccccc2Br)cc(N)c1=O. The first-order chi connectivity index (χ1) is 7.59. The molecule has 0 aliphatic heterocycles.